The molecule has 2 saturated heterocycles. The van der Waals surface area contributed by atoms with Gasteiger partial charge in [-0.3, -0.25) is 4.79 Å². The molecule has 2 aliphatic heterocycles. The quantitative estimate of drug-likeness (QED) is 0.338. The zero-order valence-electron chi connectivity index (χ0n) is 8.44. The average Bonchev–Trinajstić information content (AvgIpc) is 2.18. The van der Waals surface area contributed by atoms with Crippen molar-refractivity contribution >= 4 is 23.6 Å². The van der Waals surface area contributed by atoms with Crippen LogP contribution in [0.15, 0.2) is 0 Å². The van der Waals surface area contributed by atoms with Crippen molar-refractivity contribution < 1.29 is 44.3 Å². The number of hydrogen-bond donors (Lipinski definition) is 0. The number of aliphatic carboxylic acids is 1. The van der Waals surface area contributed by atoms with E-state index in [0.717, 1.165) is 0 Å². The zero-order valence-corrected chi connectivity index (χ0v) is 11.3. The number of rotatable bonds is 1. The Morgan fingerprint density at radius 3 is 2.57 bits per heavy atom. The van der Waals surface area contributed by atoms with Gasteiger partial charge in [0.25, 0.3) is 0 Å². The average molecular weight is 223 g/mol. The number of carbonyl (C=O) groups excluding carboxylic acids is 2. The van der Waals surface area contributed by atoms with E-state index in [9.17, 15) is 14.7 Å². The standard InChI is InChI=1S/C8H11NO3S.Na/c1-8(2)6(7(11)12)9-4(10)3-5(9)13-8;/h5-6H,3H2,1-2H3,(H,11,12);/q;+1/p-1/t5?,6-;/m0./s1. The van der Waals surface area contributed by atoms with Gasteiger partial charge in [0.15, 0.2) is 0 Å². The molecule has 0 aromatic carbocycles. The van der Waals surface area contributed by atoms with Gasteiger partial charge in [-0.2, -0.15) is 0 Å². The first-order valence-electron chi connectivity index (χ1n) is 4.13. The molecule has 1 amide bonds. The van der Waals surface area contributed by atoms with Crippen molar-refractivity contribution in [2.75, 3.05) is 0 Å². The van der Waals surface area contributed by atoms with Gasteiger partial charge in [-0.05, 0) is 13.8 Å². The SMILES string of the molecule is CC1(C)SC2CC(=O)N2[C@H]1C(=O)[O-].[Na+]. The Balaban J connectivity index is 0.000000980. The van der Waals surface area contributed by atoms with Gasteiger partial charge < -0.3 is 14.8 Å². The van der Waals surface area contributed by atoms with Crippen LogP contribution in [0.4, 0.5) is 0 Å². The molecule has 0 aromatic heterocycles. The molecule has 1 unspecified atom stereocenters. The molecule has 0 N–H and O–H groups in total. The second kappa shape index (κ2) is 3.70. The molecule has 0 bridgehead atoms. The number of carboxylic acids is 1. The van der Waals surface area contributed by atoms with E-state index in [1.54, 1.807) is 11.8 Å². The summed E-state index contributed by atoms with van der Waals surface area (Å²) in [5, 5.41) is 10.9. The Hall–Kier alpha value is 0.290. The summed E-state index contributed by atoms with van der Waals surface area (Å²) in [5.74, 6) is -1.22. The molecule has 0 radical (unpaired) electrons. The number of thioether (sulfide) groups is 1. The first kappa shape index (κ1) is 12.4. The van der Waals surface area contributed by atoms with E-state index in [0.29, 0.717) is 6.42 Å². The largest absolute Gasteiger partial charge is 1.00 e. The summed E-state index contributed by atoms with van der Waals surface area (Å²) in [6.45, 7) is 3.67. The maximum Gasteiger partial charge on any atom is 1.00 e. The summed E-state index contributed by atoms with van der Waals surface area (Å²) in [6, 6.07) is -0.760. The van der Waals surface area contributed by atoms with Crippen LogP contribution in [-0.2, 0) is 9.59 Å². The topological polar surface area (TPSA) is 60.4 Å². The third kappa shape index (κ3) is 1.60. The molecule has 72 valence electrons. The Morgan fingerprint density at radius 1 is 1.64 bits per heavy atom. The maximum absolute atomic E-state index is 11.1. The Morgan fingerprint density at radius 2 is 2.21 bits per heavy atom. The van der Waals surface area contributed by atoms with Gasteiger partial charge >= 0.3 is 29.6 Å². The fourth-order valence-corrected chi connectivity index (χ4v) is 3.58. The molecule has 0 spiro atoms. The van der Waals surface area contributed by atoms with Gasteiger partial charge in [-0.15, -0.1) is 11.8 Å². The van der Waals surface area contributed by atoms with Gasteiger partial charge in [0, 0.05) is 4.75 Å². The van der Waals surface area contributed by atoms with E-state index in [4.69, 9.17) is 0 Å². The molecule has 14 heavy (non-hydrogen) atoms. The molecule has 4 nitrogen and oxygen atoms in total. The number of amides is 1. The van der Waals surface area contributed by atoms with Crippen molar-refractivity contribution in [2.45, 2.75) is 36.4 Å². The third-order valence-electron chi connectivity index (χ3n) is 2.55. The number of carbonyl (C=O) groups is 2. The van der Waals surface area contributed by atoms with Crippen molar-refractivity contribution in [3.63, 3.8) is 0 Å². The molecular formula is C8H10NNaO3S. The molecule has 2 rings (SSSR count). The van der Waals surface area contributed by atoms with E-state index in [1.807, 2.05) is 13.8 Å². The van der Waals surface area contributed by atoms with Crippen LogP contribution in [0, 0.1) is 0 Å². The van der Waals surface area contributed by atoms with Gasteiger partial charge in [0.2, 0.25) is 5.91 Å². The van der Waals surface area contributed by atoms with Crippen molar-refractivity contribution in [3.8, 4) is 0 Å². The number of fused-ring (bicyclic) bond motifs is 1. The number of β-lactam (4-membered cyclic amide) rings is 1. The van der Waals surface area contributed by atoms with Crippen molar-refractivity contribution in [2.24, 2.45) is 0 Å². The molecule has 2 aliphatic rings. The molecular weight excluding hydrogens is 213 g/mol. The van der Waals surface area contributed by atoms with Crippen molar-refractivity contribution in [1.82, 2.24) is 4.90 Å². The van der Waals surface area contributed by atoms with E-state index in [2.05, 4.69) is 0 Å². The first-order valence-corrected chi connectivity index (χ1v) is 5.01. The summed E-state index contributed by atoms with van der Waals surface area (Å²) in [4.78, 5) is 23.4. The second-order valence-corrected chi connectivity index (χ2v) is 5.73. The summed E-state index contributed by atoms with van der Waals surface area (Å²) in [7, 11) is 0. The molecule has 2 heterocycles. The summed E-state index contributed by atoms with van der Waals surface area (Å²) >= 11 is 1.54. The maximum atomic E-state index is 11.1. The minimum Gasteiger partial charge on any atom is -0.548 e. The minimum absolute atomic E-state index is 0. The second-order valence-electron chi connectivity index (χ2n) is 3.90. The normalized spacial score (nSPS) is 33.0. The molecule has 0 saturated carbocycles. The monoisotopic (exact) mass is 223 g/mol. The van der Waals surface area contributed by atoms with Crippen LogP contribution in [0.3, 0.4) is 0 Å². The van der Waals surface area contributed by atoms with Gasteiger partial charge in [0.1, 0.15) is 0 Å². The van der Waals surface area contributed by atoms with E-state index >= 15 is 0 Å². The van der Waals surface area contributed by atoms with E-state index in [-0.39, 0.29) is 40.8 Å². The van der Waals surface area contributed by atoms with Crippen LogP contribution in [0.1, 0.15) is 20.3 Å². The third-order valence-corrected chi connectivity index (χ3v) is 4.04. The predicted octanol–water partition coefficient (Wildman–Crippen LogP) is -3.81. The van der Waals surface area contributed by atoms with Crippen molar-refractivity contribution in [3.05, 3.63) is 0 Å². The predicted molar refractivity (Wildman–Crippen MR) is 45.7 cm³/mol. The van der Waals surface area contributed by atoms with Gasteiger partial charge in [-0.25, -0.2) is 0 Å². The van der Waals surface area contributed by atoms with Gasteiger partial charge in [-0.1, -0.05) is 0 Å². The first-order chi connectivity index (χ1) is 5.93. The smallest absolute Gasteiger partial charge is 0.548 e. The van der Waals surface area contributed by atoms with Crippen molar-refractivity contribution in [1.29, 1.82) is 0 Å². The van der Waals surface area contributed by atoms with Crippen LogP contribution in [0.5, 0.6) is 0 Å². The van der Waals surface area contributed by atoms with E-state index < -0.39 is 16.8 Å². The summed E-state index contributed by atoms with van der Waals surface area (Å²) in [6.07, 6.45) is 0.470. The fourth-order valence-electron chi connectivity index (χ4n) is 1.96. The minimum atomic E-state index is -1.15. The zero-order chi connectivity index (χ0) is 9.80. The van der Waals surface area contributed by atoms with Crippen LogP contribution < -0.4 is 34.7 Å². The Kier molecular flexibility index (Phi) is 3.27. The molecule has 0 aromatic rings. The number of hydrogen-bond acceptors (Lipinski definition) is 4. The molecule has 6 heteroatoms. The van der Waals surface area contributed by atoms with Crippen LogP contribution in [0.2, 0.25) is 0 Å². The van der Waals surface area contributed by atoms with E-state index in [1.165, 1.54) is 4.90 Å². The summed E-state index contributed by atoms with van der Waals surface area (Å²) < 4.78 is -0.421. The molecule has 0 aliphatic carbocycles. The summed E-state index contributed by atoms with van der Waals surface area (Å²) in [5.41, 5.74) is 0. The Bertz CT molecular complexity index is 294. The fraction of sp³-hybridized carbons (Fsp3) is 0.750. The number of nitrogens with zero attached hydrogens (tertiary/aromatic N) is 1. The number of carboxylic acid groups (broad SMARTS) is 1. The Labute approximate surface area is 109 Å². The van der Waals surface area contributed by atoms with Crippen LogP contribution in [-0.4, -0.2) is 32.9 Å². The molecule has 2 atom stereocenters. The molecule has 2 fully saturated rings. The van der Waals surface area contributed by atoms with Crippen LogP contribution in [0.25, 0.3) is 0 Å². The van der Waals surface area contributed by atoms with Crippen LogP contribution >= 0.6 is 11.8 Å². The van der Waals surface area contributed by atoms with Gasteiger partial charge in [0.05, 0.1) is 23.8 Å².